The predicted molar refractivity (Wildman–Crippen MR) is 119 cm³/mol. The molecule has 0 saturated carbocycles. The molecule has 1 atom stereocenters. The third-order valence-electron chi connectivity index (χ3n) is 5.69. The number of para-hydroxylation sites is 3. The van der Waals surface area contributed by atoms with Gasteiger partial charge in [-0.1, -0.05) is 68.4 Å². The van der Waals surface area contributed by atoms with Gasteiger partial charge in [0.25, 0.3) is 0 Å². The summed E-state index contributed by atoms with van der Waals surface area (Å²) >= 11 is 0. The van der Waals surface area contributed by atoms with E-state index in [0.29, 0.717) is 12.5 Å². The van der Waals surface area contributed by atoms with Crippen LogP contribution in [0.15, 0.2) is 72.8 Å². The Bertz CT molecular complexity index is 1100. The molecule has 0 aliphatic heterocycles. The number of fused-ring (bicyclic) bond motifs is 1. The Balaban J connectivity index is 1.62. The van der Waals surface area contributed by atoms with E-state index in [1.54, 1.807) is 0 Å². The van der Waals surface area contributed by atoms with E-state index in [4.69, 9.17) is 9.72 Å². The van der Waals surface area contributed by atoms with Crippen molar-refractivity contribution in [3.63, 3.8) is 0 Å². The molecule has 29 heavy (non-hydrogen) atoms. The number of rotatable bonds is 7. The first kappa shape index (κ1) is 19.3. The summed E-state index contributed by atoms with van der Waals surface area (Å²) in [6.07, 6.45) is 1.16. The Hall–Kier alpha value is -3.07. The van der Waals surface area contributed by atoms with Gasteiger partial charge in [-0.25, -0.2) is 4.98 Å². The van der Waals surface area contributed by atoms with Crippen molar-refractivity contribution < 1.29 is 4.74 Å². The molecular weight excluding hydrogens is 356 g/mol. The largest absolute Gasteiger partial charge is 0.485 e. The maximum atomic E-state index is 6.11. The average molecular weight is 385 g/mol. The molecule has 0 bridgehead atoms. The van der Waals surface area contributed by atoms with Crippen LogP contribution in [0.2, 0.25) is 0 Å². The van der Waals surface area contributed by atoms with E-state index >= 15 is 0 Å². The summed E-state index contributed by atoms with van der Waals surface area (Å²) < 4.78 is 8.38. The minimum Gasteiger partial charge on any atom is -0.485 e. The molecule has 3 aromatic carbocycles. The number of aromatic nitrogens is 2. The van der Waals surface area contributed by atoms with Crippen molar-refractivity contribution in [1.82, 2.24) is 9.55 Å². The van der Waals surface area contributed by atoms with Gasteiger partial charge in [-0.2, -0.15) is 0 Å². The van der Waals surface area contributed by atoms with E-state index in [-0.39, 0.29) is 0 Å². The highest BCUT2D eigenvalue weighted by atomic mass is 16.5. The summed E-state index contributed by atoms with van der Waals surface area (Å²) in [6, 6.07) is 25.4. The van der Waals surface area contributed by atoms with E-state index in [9.17, 15) is 0 Å². The van der Waals surface area contributed by atoms with Crippen molar-refractivity contribution in [2.24, 2.45) is 0 Å². The fourth-order valence-corrected chi connectivity index (χ4v) is 3.64. The topological polar surface area (TPSA) is 27.1 Å². The van der Waals surface area contributed by atoms with Gasteiger partial charge in [-0.3, -0.25) is 0 Å². The van der Waals surface area contributed by atoms with Gasteiger partial charge in [0, 0.05) is 6.54 Å². The van der Waals surface area contributed by atoms with E-state index in [1.165, 1.54) is 11.1 Å². The van der Waals surface area contributed by atoms with Crippen molar-refractivity contribution in [3.05, 3.63) is 95.3 Å². The van der Waals surface area contributed by atoms with Crippen molar-refractivity contribution in [2.75, 3.05) is 0 Å². The van der Waals surface area contributed by atoms with Crippen molar-refractivity contribution in [1.29, 1.82) is 0 Å². The number of hydrogen-bond donors (Lipinski definition) is 0. The number of hydrogen-bond acceptors (Lipinski definition) is 2. The minimum atomic E-state index is 0.449. The van der Waals surface area contributed by atoms with Crippen molar-refractivity contribution in [3.8, 4) is 5.75 Å². The number of ether oxygens (including phenoxy) is 1. The van der Waals surface area contributed by atoms with E-state index in [2.05, 4.69) is 73.9 Å². The maximum Gasteiger partial charge on any atom is 0.148 e. The molecule has 1 unspecified atom stereocenters. The molecule has 1 aromatic heterocycles. The molecular formula is C26H28N2O. The summed E-state index contributed by atoms with van der Waals surface area (Å²) in [6.45, 7) is 7.81. The molecule has 4 rings (SSSR count). The summed E-state index contributed by atoms with van der Waals surface area (Å²) in [5.41, 5.74) is 5.96. The lowest BCUT2D eigenvalue weighted by atomic mass is 9.98. The third kappa shape index (κ3) is 4.19. The van der Waals surface area contributed by atoms with Gasteiger partial charge in [0.15, 0.2) is 0 Å². The summed E-state index contributed by atoms with van der Waals surface area (Å²) in [7, 11) is 0. The van der Waals surface area contributed by atoms with Gasteiger partial charge in [0.2, 0.25) is 0 Å². The Morgan fingerprint density at radius 1 is 0.931 bits per heavy atom. The molecule has 148 valence electrons. The summed E-state index contributed by atoms with van der Waals surface area (Å²) in [5.74, 6) is 2.45. The zero-order chi connectivity index (χ0) is 20.2. The molecule has 3 heteroatoms. The van der Waals surface area contributed by atoms with Crippen molar-refractivity contribution >= 4 is 11.0 Å². The van der Waals surface area contributed by atoms with E-state index in [1.807, 2.05) is 24.3 Å². The highest BCUT2D eigenvalue weighted by Crippen LogP contribution is 2.23. The zero-order valence-corrected chi connectivity index (χ0v) is 17.4. The number of nitrogens with zero attached hydrogens (tertiary/aromatic N) is 2. The van der Waals surface area contributed by atoms with Gasteiger partial charge in [-0.15, -0.1) is 0 Å². The second-order valence-electron chi connectivity index (χ2n) is 7.71. The second kappa shape index (κ2) is 8.52. The van der Waals surface area contributed by atoms with Crippen LogP contribution in [0.4, 0.5) is 0 Å². The van der Waals surface area contributed by atoms with Crippen LogP contribution >= 0.6 is 0 Å². The average Bonchev–Trinajstić information content (AvgIpc) is 3.10. The SMILES string of the molecule is CCC(C)c1ccc(Cn2c(COc3ccccc3C)nc3ccccc32)cc1. The van der Waals surface area contributed by atoms with Crippen molar-refractivity contribution in [2.45, 2.75) is 46.3 Å². The Morgan fingerprint density at radius 3 is 2.41 bits per heavy atom. The lowest BCUT2D eigenvalue weighted by Crippen LogP contribution is -2.09. The van der Waals surface area contributed by atoms with Crippen LogP contribution in [0.3, 0.4) is 0 Å². The molecule has 3 nitrogen and oxygen atoms in total. The van der Waals surface area contributed by atoms with Crippen LogP contribution in [-0.2, 0) is 13.2 Å². The van der Waals surface area contributed by atoms with Gasteiger partial charge < -0.3 is 9.30 Å². The molecule has 0 radical (unpaired) electrons. The van der Waals surface area contributed by atoms with Crippen LogP contribution in [0.25, 0.3) is 11.0 Å². The lowest BCUT2D eigenvalue weighted by Gasteiger charge is -2.13. The number of imidazole rings is 1. The molecule has 1 heterocycles. The van der Waals surface area contributed by atoms with Crippen LogP contribution in [0.5, 0.6) is 5.75 Å². The quantitative estimate of drug-likeness (QED) is 0.364. The Morgan fingerprint density at radius 2 is 1.66 bits per heavy atom. The minimum absolute atomic E-state index is 0.449. The molecule has 0 aliphatic carbocycles. The Labute approximate surface area is 173 Å². The van der Waals surface area contributed by atoms with Gasteiger partial charge in [-0.05, 0) is 54.2 Å². The van der Waals surface area contributed by atoms with Crippen LogP contribution in [0.1, 0.15) is 48.7 Å². The van der Waals surface area contributed by atoms with E-state index < -0.39 is 0 Å². The smallest absolute Gasteiger partial charge is 0.148 e. The lowest BCUT2D eigenvalue weighted by molar-refractivity contribution is 0.289. The van der Waals surface area contributed by atoms with E-state index in [0.717, 1.165) is 41.1 Å². The number of aryl methyl sites for hydroxylation is 1. The standard InChI is InChI=1S/C26H28N2O/c1-4-19(2)22-15-13-21(14-16-22)17-28-24-11-7-6-10-23(24)27-26(28)18-29-25-12-8-5-9-20(25)3/h5-16,19H,4,17-18H2,1-3H3. The third-order valence-corrected chi connectivity index (χ3v) is 5.69. The summed E-state index contributed by atoms with van der Waals surface area (Å²) in [4.78, 5) is 4.85. The van der Waals surface area contributed by atoms with Gasteiger partial charge in [0.05, 0.1) is 11.0 Å². The van der Waals surface area contributed by atoms with Crippen LogP contribution in [0, 0.1) is 6.92 Å². The van der Waals surface area contributed by atoms with Crippen LogP contribution < -0.4 is 4.74 Å². The highest BCUT2D eigenvalue weighted by molar-refractivity contribution is 5.76. The monoisotopic (exact) mass is 384 g/mol. The molecule has 0 fully saturated rings. The molecule has 0 N–H and O–H groups in total. The fraction of sp³-hybridized carbons (Fsp3) is 0.269. The number of benzene rings is 3. The predicted octanol–water partition coefficient (Wildman–Crippen LogP) is 6.49. The molecule has 0 spiro atoms. The first-order valence-electron chi connectivity index (χ1n) is 10.4. The van der Waals surface area contributed by atoms with Crippen LogP contribution in [-0.4, -0.2) is 9.55 Å². The van der Waals surface area contributed by atoms with Gasteiger partial charge >= 0.3 is 0 Å². The second-order valence-corrected chi connectivity index (χ2v) is 7.71. The first-order valence-corrected chi connectivity index (χ1v) is 10.4. The fourth-order valence-electron chi connectivity index (χ4n) is 3.64. The molecule has 4 aromatic rings. The normalized spacial score (nSPS) is 12.2. The molecule has 0 saturated heterocycles. The first-order chi connectivity index (χ1) is 14.2. The summed E-state index contributed by atoms with van der Waals surface area (Å²) in [5, 5.41) is 0. The maximum absolute atomic E-state index is 6.11. The highest BCUT2D eigenvalue weighted by Gasteiger charge is 2.12. The zero-order valence-electron chi connectivity index (χ0n) is 17.4. The van der Waals surface area contributed by atoms with Gasteiger partial charge in [0.1, 0.15) is 18.2 Å². The molecule has 0 aliphatic rings. The molecule has 0 amide bonds. The Kier molecular flexibility index (Phi) is 5.66.